The number of hydrogen-bond acceptors (Lipinski definition) is 4. The lowest BCUT2D eigenvalue weighted by Gasteiger charge is -2.33. The smallest absolute Gasteiger partial charge is 0.340 e. The van der Waals surface area contributed by atoms with Gasteiger partial charge in [0.2, 0.25) is 0 Å². The SMILES string of the molecule is CC(C)(C)c1ccc(C(=O)c2cccc3c2C(=O)OC32CCNCC2)cc1. The number of esters is 1. The zero-order chi connectivity index (χ0) is 19.2. The molecule has 140 valence electrons. The Kier molecular flexibility index (Phi) is 4.19. The maximum Gasteiger partial charge on any atom is 0.340 e. The van der Waals surface area contributed by atoms with Crippen molar-refractivity contribution < 1.29 is 14.3 Å². The van der Waals surface area contributed by atoms with E-state index >= 15 is 0 Å². The maximum atomic E-state index is 13.2. The largest absolute Gasteiger partial charge is 0.450 e. The lowest BCUT2D eigenvalue weighted by Crippen LogP contribution is -2.39. The average molecular weight is 363 g/mol. The van der Waals surface area contributed by atoms with E-state index in [2.05, 4.69) is 26.1 Å². The van der Waals surface area contributed by atoms with E-state index in [1.165, 1.54) is 5.56 Å². The Morgan fingerprint density at radius 1 is 1.04 bits per heavy atom. The Labute approximate surface area is 159 Å². The second kappa shape index (κ2) is 6.31. The summed E-state index contributed by atoms with van der Waals surface area (Å²) in [4.78, 5) is 25.8. The molecule has 1 saturated heterocycles. The molecule has 27 heavy (non-hydrogen) atoms. The third-order valence-corrected chi connectivity index (χ3v) is 5.72. The molecular formula is C23H25NO3. The minimum Gasteiger partial charge on any atom is -0.450 e. The molecule has 1 N–H and O–H groups in total. The Balaban J connectivity index is 1.73. The molecule has 0 saturated carbocycles. The Morgan fingerprint density at radius 3 is 2.33 bits per heavy atom. The van der Waals surface area contributed by atoms with Gasteiger partial charge in [0.05, 0.1) is 5.56 Å². The molecule has 0 aliphatic carbocycles. The molecular weight excluding hydrogens is 338 g/mol. The molecule has 0 aromatic heterocycles. The highest BCUT2D eigenvalue weighted by Crippen LogP contribution is 2.44. The fraction of sp³-hybridized carbons (Fsp3) is 0.391. The van der Waals surface area contributed by atoms with E-state index in [1.807, 2.05) is 36.4 Å². The van der Waals surface area contributed by atoms with E-state index in [1.54, 1.807) is 6.07 Å². The van der Waals surface area contributed by atoms with Crippen molar-refractivity contribution in [3.8, 4) is 0 Å². The monoisotopic (exact) mass is 363 g/mol. The van der Waals surface area contributed by atoms with Gasteiger partial charge in [-0.05, 0) is 24.1 Å². The zero-order valence-electron chi connectivity index (χ0n) is 16.1. The highest BCUT2D eigenvalue weighted by Gasteiger charge is 2.47. The molecule has 0 radical (unpaired) electrons. The number of benzene rings is 2. The van der Waals surface area contributed by atoms with Crippen molar-refractivity contribution in [2.45, 2.75) is 44.6 Å². The van der Waals surface area contributed by atoms with Gasteiger partial charge in [0.15, 0.2) is 5.78 Å². The predicted molar refractivity (Wildman–Crippen MR) is 104 cm³/mol. The quantitative estimate of drug-likeness (QED) is 0.648. The van der Waals surface area contributed by atoms with Gasteiger partial charge in [0, 0.05) is 29.5 Å². The third-order valence-electron chi connectivity index (χ3n) is 5.72. The van der Waals surface area contributed by atoms with Crippen molar-refractivity contribution in [2.24, 2.45) is 0 Å². The first kappa shape index (κ1) is 17.9. The summed E-state index contributed by atoms with van der Waals surface area (Å²) >= 11 is 0. The fourth-order valence-electron chi connectivity index (χ4n) is 4.10. The summed E-state index contributed by atoms with van der Waals surface area (Å²) in [5.41, 5.74) is 2.97. The number of ketones is 1. The van der Waals surface area contributed by atoms with Crippen molar-refractivity contribution in [2.75, 3.05) is 13.1 Å². The predicted octanol–water partition coefficient (Wildman–Crippen LogP) is 3.96. The van der Waals surface area contributed by atoms with Crippen LogP contribution in [-0.4, -0.2) is 24.8 Å². The van der Waals surface area contributed by atoms with Crippen molar-refractivity contribution in [3.05, 3.63) is 70.3 Å². The summed E-state index contributed by atoms with van der Waals surface area (Å²) in [6, 6.07) is 13.2. The van der Waals surface area contributed by atoms with Crippen LogP contribution in [0.15, 0.2) is 42.5 Å². The number of nitrogens with one attached hydrogen (secondary N) is 1. The number of fused-ring (bicyclic) bond motifs is 2. The summed E-state index contributed by atoms with van der Waals surface area (Å²) in [6.07, 6.45) is 1.48. The number of carbonyl (C=O) groups is 2. The highest BCUT2D eigenvalue weighted by molar-refractivity contribution is 6.15. The normalized spacial score (nSPS) is 18.3. The van der Waals surface area contributed by atoms with Gasteiger partial charge in [-0.2, -0.15) is 0 Å². The van der Waals surface area contributed by atoms with Crippen molar-refractivity contribution in [3.63, 3.8) is 0 Å². The zero-order valence-corrected chi connectivity index (χ0v) is 16.1. The Bertz CT molecular complexity index is 900. The second-order valence-corrected chi connectivity index (χ2v) is 8.52. The number of rotatable bonds is 2. The number of hydrogen-bond donors (Lipinski definition) is 1. The maximum absolute atomic E-state index is 13.2. The van der Waals surface area contributed by atoms with Gasteiger partial charge in [-0.25, -0.2) is 4.79 Å². The van der Waals surface area contributed by atoms with Crippen molar-refractivity contribution in [1.29, 1.82) is 0 Å². The lowest BCUT2D eigenvalue weighted by molar-refractivity contribution is -0.0242. The fourth-order valence-corrected chi connectivity index (χ4v) is 4.10. The van der Waals surface area contributed by atoms with Gasteiger partial charge in [-0.1, -0.05) is 63.2 Å². The van der Waals surface area contributed by atoms with Gasteiger partial charge in [-0.15, -0.1) is 0 Å². The van der Waals surface area contributed by atoms with Gasteiger partial charge in [0.1, 0.15) is 5.60 Å². The van der Waals surface area contributed by atoms with E-state index in [-0.39, 0.29) is 17.2 Å². The van der Waals surface area contributed by atoms with Gasteiger partial charge in [0.25, 0.3) is 0 Å². The van der Waals surface area contributed by atoms with Gasteiger partial charge < -0.3 is 10.1 Å². The first-order valence-electron chi connectivity index (χ1n) is 9.55. The molecule has 4 heteroatoms. The van der Waals surface area contributed by atoms with Gasteiger partial charge >= 0.3 is 5.97 Å². The molecule has 2 aromatic carbocycles. The van der Waals surface area contributed by atoms with Crippen LogP contribution < -0.4 is 5.32 Å². The van der Waals surface area contributed by atoms with E-state index < -0.39 is 5.60 Å². The topological polar surface area (TPSA) is 55.4 Å². The van der Waals surface area contributed by atoms with Crippen LogP contribution >= 0.6 is 0 Å². The van der Waals surface area contributed by atoms with Crippen LogP contribution in [0.4, 0.5) is 0 Å². The Morgan fingerprint density at radius 2 is 1.70 bits per heavy atom. The van der Waals surface area contributed by atoms with E-state index in [0.29, 0.717) is 16.7 Å². The minimum absolute atomic E-state index is 0.0285. The number of carbonyl (C=O) groups excluding carboxylic acids is 2. The number of piperidine rings is 1. The average Bonchev–Trinajstić information content (AvgIpc) is 2.93. The third kappa shape index (κ3) is 2.98. The standard InChI is InChI=1S/C23H25NO3/c1-22(2,3)16-9-7-15(8-10-16)20(25)17-5-4-6-18-19(17)21(26)27-23(18)11-13-24-14-12-23/h4-10,24H,11-14H2,1-3H3. The molecule has 0 atom stereocenters. The van der Waals surface area contributed by atoms with Crippen molar-refractivity contribution >= 4 is 11.8 Å². The van der Waals surface area contributed by atoms with Crippen LogP contribution in [0.25, 0.3) is 0 Å². The molecule has 4 rings (SSSR count). The molecule has 2 aliphatic heterocycles. The van der Waals surface area contributed by atoms with Gasteiger partial charge in [-0.3, -0.25) is 4.79 Å². The summed E-state index contributed by atoms with van der Waals surface area (Å²) in [5, 5.41) is 3.30. The van der Waals surface area contributed by atoms with E-state index in [4.69, 9.17) is 4.74 Å². The molecule has 2 heterocycles. The molecule has 2 aromatic rings. The summed E-state index contributed by atoms with van der Waals surface area (Å²) in [5.74, 6) is -0.502. The summed E-state index contributed by atoms with van der Waals surface area (Å²) < 4.78 is 5.82. The summed E-state index contributed by atoms with van der Waals surface area (Å²) in [6.45, 7) is 8.03. The van der Waals surface area contributed by atoms with Crippen LogP contribution in [0.5, 0.6) is 0 Å². The molecule has 0 amide bonds. The molecule has 1 spiro atoms. The first-order chi connectivity index (χ1) is 12.8. The molecule has 2 aliphatic rings. The molecule has 0 bridgehead atoms. The van der Waals surface area contributed by atoms with Crippen LogP contribution in [0.2, 0.25) is 0 Å². The number of ether oxygens (including phenoxy) is 1. The van der Waals surface area contributed by atoms with E-state index in [0.717, 1.165) is 31.5 Å². The first-order valence-corrected chi connectivity index (χ1v) is 9.55. The Hall–Kier alpha value is -2.46. The molecule has 4 nitrogen and oxygen atoms in total. The van der Waals surface area contributed by atoms with E-state index in [9.17, 15) is 9.59 Å². The molecule has 0 unspecified atom stereocenters. The minimum atomic E-state index is -0.579. The highest BCUT2D eigenvalue weighted by atomic mass is 16.6. The lowest BCUT2D eigenvalue weighted by atomic mass is 9.82. The summed E-state index contributed by atoms with van der Waals surface area (Å²) in [7, 11) is 0. The van der Waals surface area contributed by atoms with Crippen molar-refractivity contribution in [1.82, 2.24) is 5.32 Å². The van der Waals surface area contributed by atoms with Crippen LogP contribution in [0.1, 0.15) is 71.0 Å². The van der Waals surface area contributed by atoms with Crippen LogP contribution in [0, 0.1) is 0 Å². The second-order valence-electron chi connectivity index (χ2n) is 8.52. The molecule has 1 fully saturated rings. The van der Waals surface area contributed by atoms with Crippen LogP contribution in [-0.2, 0) is 15.8 Å². The van der Waals surface area contributed by atoms with Crippen LogP contribution in [0.3, 0.4) is 0 Å².